The molecule has 3 N–H and O–H groups in total. The highest BCUT2D eigenvalue weighted by molar-refractivity contribution is 5.94. The van der Waals surface area contributed by atoms with Crippen molar-refractivity contribution in [3.63, 3.8) is 0 Å². The second kappa shape index (κ2) is 11.2. The smallest absolute Gasteiger partial charge is 0.265 e. The Morgan fingerprint density at radius 3 is 2.09 bits per heavy atom. The second-order valence-electron chi connectivity index (χ2n) is 9.65. The van der Waals surface area contributed by atoms with Gasteiger partial charge in [-0.3, -0.25) is 20.4 Å². The first-order chi connectivity index (χ1) is 15.6. The van der Waals surface area contributed by atoms with Crippen LogP contribution in [0.25, 0.3) is 0 Å². The molecule has 2 rings (SSSR count). The molecule has 0 bridgehead atoms. The lowest BCUT2D eigenvalue weighted by atomic mass is 9.76. The van der Waals surface area contributed by atoms with E-state index in [4.69, 9.17) is 4.74 Å². The third kappa shape index (κ3) is 6.73. The van der Waals surface area contributed by atoms with Gasteiger partial charge in [-0.2, -0.15) is 0 Å². The maximum Gasteiger partial charge on any atom is 0.265 e. The normalized spacial score (nSPS) is 12.6. The Morgan fingerprint density at radius 2 is 1.55 bits per heavy atom. The predicted molar refractivity (Wildman–Crippen MR) is 136 cm³/mol. The van der Waals surface area contributed by atoms with Gasteiger partial charge in [-0.25, -0.2) is 0 Å². The number of anilines is 2. The second-order valence-corrected chi connectivity index (χ2v) is 9.65. The van der Waals surface area contributed by atoms with Gasteiger partial charge in [0.1, 0.15) is 5.75 Å². The van der Waals surface area contributed by atoms with Crippen LogP contribution in [0.3, 0.4) is 0 Å². The van der Waals surface area contributed by atoms with Crippen molar-refractivity contribution in [1.29, 1.82) is 0 Å². The van der Waals surface area contributed by atoms with Crippen molar-refractivity contribution in [2.75, 3.05) is 10.7 Å². The summed E-state index contributed by atoms with van der Waals surface area (Å²) in [4.78, 5) is 23.4. The first kappa shape index (κ1) is 26.2. The third-order valence-corrected chi connectivity index (χ3v) is 6.62. The number of hydrazine groups is 1. The molecular weight excluding hydrogens is 414 g/mol. The van der Waals surface area contributed by atoms with Gasteiger partial charge in [0, 0.05) is 11.3 Å². The summed E-state index contributed by atoms with van der Waals surface area (Å²) in [6.45, 7) is 15.3. The molecule has 2 aromatic rings. The summed E-state index contributed by atoms with van der Waals surface area (Å²) in [6.07, 6.45) is 2.49. The molecule has 0 spiro atoms. The highest BCUT2D eigenvalue weighted by Crippen LogP contribution is 2.39. The van der Waals surface area contributed by atoms with Gasteiger partial charge in [-0.1, -0.05) is 60.6 Å². The molecule has 2 amide bonds. The van der Waals surface area contributed by atoms with Gasteiger partial charge in [0.2, 0.25) is 6.41 Å². The minimum absolute atomic E-state index is 0.0703. The fourth-order valence-electron chi connectivity index (χ4n) is 3.43. The Kier molecular flexibility index (Phi) is 8.91. The van der Waals surface area contributed by atoms with E-state index in [0.29, 0.717) is 24.2 Å². The number of rotatable bonds is 12. The summed E-state index contributed by atoms with van der Waals surface area (Å²) in [6, 6.07) is 13.5. The SMILES string of the molecule is CC[C@@H](Oc1ccc(C(C)(C)CC)cc1C(C)(C)CC)C(=O)Nc1ccc(NNC=O)cc1. The van der Waals surface area contributed by atoms with E-state index in [1.807, 2.05) is 13.0 Å². The highest BCUT2D eigenvalue weighted by Gasteiger charge is 2.28. The van der Waals surface area contributed by atoms with Gasteiger partial charge in [0.15, 0.2) is 6.10 Å². The molecule has 0 aliphatic carbocycles. The first-order valence-corrected chi connectivity index (χ1v) is 11.8. The summed E-state index contributed by atoms with van der Waals surface area (Å²) in [7, 11) is 0. The van der Waals surface area contributed by atoms with Crippen molar-refractivity contribution in [2.24, 2.45) is 0 Å². The molecule has 0 saturated carbocycles. The van der Waals surface area contributed by atoms with E-state index >= 15 is 0 Å². The number of carbonyl (C=O) groups excluding carboxylic acids is 2. The summed E-state index contributed by atoms with van der Waals surface area (Å²) in [5.41, 5.74) is 8.89. The molecular formula is C27H39N3O3. The Balaban J connectivity index is 2.25. The lowest BCUT2D eigenvalue weighted by molar-refractivity contribution is -0.122. The fraction of sp³-hybridized carbons (Fsp3) is 0.481. The van der Waals surface area contributed by atoms with Crippen LogP contribution in [-0.4, -0.2) is 18.4 Å². The monoisotopic (exact) mass is 453 g/mol. The van der Waals surface area contributed by atoms with Crippen molar-refractivity contribution >= 4 is 23.7 Å². The number of carbonyl (C=O) groups is 2. The number of hydrogen-bond donors (Lipinski definition) is 3. The number of benzene rings is 2. The van der Waals surface area contributed by atoms with Crippen LogP contribution in [0.2, 0.25) is 0 Å². The zero-order chi connectivity index (χ0) is 24.6. The van der Waals surface area contributed by atoms with Gasteiger partial charge < -0.3 is 10.1 Å². The van der Waals surface area contributed by atoms with E-state index in [-0.39, 0.29) is 16.7 Å². The quantitative estimate of drug-likeness (QED) is 0.275. The average molecular weight is 454 g/mol. The van der Waals surface area contributed by atoms with Gasteiger partial charge in [-0.15, -0.1) is 0 Å². The maximum atomic E-state index is 13.0. The number of hydrogen-bond acceptors (Lipinski definition) is 4. The topological polar surface area (TPSA) is 79.5 Å². The molecule has 0 unspecified atom stereocenters. The van der Waals surface area contributed by atoms with Crippen LogP contribution in [0, 0.1) is 0 Å². The van der Waals surface area contributed by atoms with Crippen molar-refractivity contribution in [3.05, 3.63) is 53.6 Å². The number of nitrogens with one attached hydrogen (secondary N) is 3. The van der Waals surface area contributed by atoms with Crippen LogP contribution in [-0.2, 0) is 20.4 Å². The Bertz CT molecular complexity index is 936. The van der Waals surface area contributed by atoms with E-state index in [0.717, 1.165) is 24.2 Å². The first-order valence-electron chi connectivity index (χ1n) is 11.8. The van der Waals surface area contributed by atoms with Gasteiger partial charge in [0.25, 0.3) is 5.91 Å². The molecule has 0 aliphatic rings. The molecule has 33 heavy (non-hydrogen) atoms. The largest absolute Gasteiger partial charge is 0.480 e. The Hall–Kier alpha value is -3.02. The average Bonchev–Trinajstić information content (AvgIpc) is 2.81. The maximum absolute atomic E-state index is 13.0. The zero-order valence-corrected chi connectivity index (χ0v) is 21.0. The Morgan fingerprint density at radius 1 is 0.939 bits per heavy atom. The van der Waals surface area contributed by atoms with E-state index in [1.54, 1.807) is 24.3 Å². The van der Waals surface area contributed by atoms with Crippen molar-refractivity contribution in [3.8, 4) is 5.75 Å². The third-order valence-electron chi connectivity index (χ3n) is 6.62. The predicted octanol–water partition coefficient (Wildman–Crippen LogP) is 5.93. The Labute approximate surface area is 198 Å². The fourth-order valence-corrected chi connectivity index (χ4v) is 3.43. The minimum Gasteiger partial charge on any atom is -0.480 e. The lowest BCUT2D eigenvalue weighted by Crippen LogP contribution is -2.33. The van der Waals surface area contributed by atoms with E-state index in [9.17, 15) is 9.59 Å². The molecule has 0 heterocycles. The van der Waals surface area contributed by atoms with Gasteiger partial charge in [0.05, 0.1) is 5.69 Å². The number of ether oxygens (including phenoxy) is 1. The van der Waals surface area contributed by atoms with E-state index in [1.165, 1.54) is 5.56 Å². The molecule has 6 nitrogen and oxygen atoms in total. The summed E-state index contributed by atoms with van der Waals surface area (Å²) in [5, 5.41) is 2.93. The summed E-state index contributed by atoms with van der Waals surface area (Å²) >= 11 is 0. The number of amides is 2. The molecule has 1 atom stereocenters. The van der Waals surface area contributed by atoms with Crippen molar-refractivity contribution < 1.29 is 14.3 Å². The zero-order valence-electron chi connectivity index (χ0n) is 21.0. The molecule has 0 aromatic heterocycles. The van der Waals surface area contributed by atoms with Crippen molar-refractivity contribution in [1.82, 2.24) is 5.43 Å². The van der Waals surface area contributed by atoms with Gasteiger partial charge >= 0.3 is 0 Å². The van der Waals surface area contributed by atoms with Crippen LogP contribution in [0.5, 0.6) is 5.75 Å². The van der Waals surface area contributed by atoms with Crippen LogP contribution < -0.4 is 20.9 Å². The molecule has 0 aliphatic heterocycles. The van der Waals surface area contributed by atoms with Gasteiger partial charge in [-0.05, 0) is 66.0 Å². The molecule has 6 heteroatoms. The highest BCUT2D eigenvalue weighted by atomic mass is 16.5. The molecule has 180 valence electrons. The van der Waals surface area contributed by atoms with E-state index < -0.39 is 6.10 Å². The van der Waals surface area contributed by atoms with Crippen LogP contribution >= 0.6 is 0 Å². The van der Waals surface area contributed by atoms with Crippen LogP contribution in [0.1, 0.15) is 78.9 Å². The van der Waals surface area contributed by atoms with Crippen molar-refractivity contribution in [2.45, 2.75) is 84.7 Å². The van der Waals surface area contributed by atoms with Crippen LogP contribution in [0.4, 0.5) is 11.4 Å². The summed E-state index contributed by atoms with van der Waals surface area (Å²) in [5.74, 6) is 0.571. The molecule has 0 radical (unpaired) electrons. The van der Waals surface area contributed by atoms with E-state index in [2.05, 4.69) is 69.8 Å². The molecule has 2 aromatic carbocycles. The molecule has 0 fully saturated rings. The summed E-state index contributed by atoms with van der Waals surface area (Å²) < 4.78 is 6.32. The molecule has 0 saturated heterocycles. The minimum atomic E-state index is -0.615. The van der Waals surface area contributed by atoms with Crippen LogP contribution in [0.15, 0.2) is 42.5 Å². The lowest BCUT2D eigenvalue weighted by Gasteiger charge is -2.31. The standard InChI is InChI=1S/C27H39N3O3/c1-8-23(25(32)29-20-12-14-21(15-13-20)30-28-18-31)33-24-16-11-19(26(4,5)9-2)17-22(24)27(6,7)10-3/h11-18,23,30H,8-10H2,1-7H3,(H,28,31)(H,29,32)/t23-/m1/s1.